The van der Waals surface area contributed by atoms with Crippen molar-refractivity contribution in [3.8, 4) is 0 Å². The van der Waals surface area contributed by atoms with Crippen LogP contribution in [-0.2, 0) is 0 Å². The second-order valence-corrected chi connectivity index (χ2v) is 8.17. The highest BCUT2D eigenvalue weighted by atomic mass is 15.3. The van der Waals surface area contributed by atoms with Crippen molar-refractivity contribution in [3.63, 3.8) is 0 Å². The van der Waals surface area contributed by atoms with Crippen molar-refractivity contribution in [1.29, 1.82) is 0 Å². The molecule has 0 aromatic heterocycles. The molecule has 2 rings (SSSR count). The van der Waals surface area contributed by atoms with E-state index >= 15 is 0 Å². The third-order valence-corrected chi connectivity index (χ3v) is 3.95. The fourth-order valence-electron chi connectivity index (χ4n) is 3.03. The van der Waals surface area contributed by atoms with Crippen molar-refractivity contribution in [2.24, 2.45) is 10.5 Å². The number of hydrogen-bond donors (Lipinski definition) is 1. The Labute approximate surface area is 124 Å². The zero-order valence-electron chi connectivity index (χ0n) is 13.9. The first kappa shape index (κ1) is 15.4. The summed E-state index contributed by atoms with van der Waals surface area (Å²) >= 11 is 0. The van der Waals surface area contributed by atoms with Gasteiger partial charge < -0.3 is 10.3 Å². The lowest BCUT2D eigenvalue weighted by atomic mass is 9.78. The largest absolute Gasteiger partial charge is 0.375 e. The lowest BCUT2D eigenvalue weighted by Crippen LogP contribution is -2.36. The van der Waals surface area contributed by atoms with E-state index in [-0.39, 0.29) is 5.54 Å². The second kappa shape index (κ2) is 5.79. The van der Waals surface area contributed by atoms with Gasteiger partial charge in [0.05, 0.1) is 5.71 Å². The number of likely N-dealkylation sites (tertiary alicyclic amines) is 1. The summed E-state index contributed by atoms with van der Waals surface area (Å²) in [5.74, 6) is 0. The minimum absolute atomic E-state index is 0.0354. The number of nitrogens with zero attached hydrogens (tertiary/aromatic N) is 2. The van der Waals surface area contributed by atoms with Crippen LogP contribution in [0.15, 0.2) is 16.9 Å². The predicted molar refractivity (Wildman–Crippen MR) is 86.8 cm³/mol. The summed E-state index contributed by atoms with van der Waals surface area (Å²) < 4.78 is 0. The average molecular weight is 277 g/mol. The van der Waals surface area contributed by atoms with Crippen molar-refractivity contribution in [1.82, 2.24) is 10.3 Å². The summed E-state index contributed by atoms with van der Waals surface area (Å²) in [5, 5.41) is 4.66. The molecule has 1 heterocycles. The quantitative estimate of drug-likeness (QED) is 0.775. The molecule has 0 saturated carbocycles. The lowest BCUT2D eigenvalue weighted by molar-refractivity contribution is 0.241. The first-order chi connectivity index (χ1) is 9.25. The molecule has 0 unspecified atom stereocenters. The molecule has 3 heteroatoms. The van der Waals surface area contributed by atoms with E-state index < -0.39 is 0 Å². The van der Waals surface area contributed by atoms with Crippen LogP contribution in [0.2, 0.25) is 0 Å². The van der Waals surface area contributed by atoms with Crippen LogP contribution in [0.4, 0.5) is 0 Å². The molecule has 1 aliphatic heterocycles. The van der Waals surface area contributed by atoms with E-state index in [1.54, 1.807) is 0 Å². The molecule has 1 saturated heterocycles. The Morgan fingerprint density at radius 2 is 1.75 bits per heavy atom. The van der Waals surface area contributed by atoms with E-state index in [2.05, 4.69) is 56.1 Å². The Morgan fingerprint density at radius 3 is 2.35 bits per heavy atom. The zero-order chi connectivity index (χ0) is 14.8. The molecule has 0 bridgehead atoms. The van der Waals surface area contributed by atoms with Gasteiger partial charge in [-0.1, -0.05) is 13.8 Å². The molecule has 0 spiro atoms. The SMILES string of the molecule is CC1(C)CC(N2CCCCC2)=C/C(=N/NC(C)(C)C)C1. The van der Waals surface area contributed by atoms with E-state index in [9.17, 15) is 0 Å². The molecule has 3 nitrogen and oxygen atoms in total. The molecule has 0 radical (unpaired) electrons. The van der Waals surface area contributed by atoms with E-state index in [0.717, 1.165) is 6.42 Å². The van der Waals surface area contributed by atoms with Gasteiger partial charge in [-0.2, -0.15) is 5.10 Å². The van der Waals surface area contributed by atoms with E-state index in [1.165, 1.54) is 50.2 Å². The fraction of sp³-hybridized carbons (Fsp3) is 0.824. The Bertz CT molecular complexity index is 393. The van der Waals surface area contributed by atoms with Crippen molar-refractivity contribution >= 4 is 5.71 Å². The molecule has 1 aliphatic carbocycles. The van der Waals surface area contributed by atoms with Gasteiger partial charge in [0.15, 0.2) is 0 Å². The summed E-state index contributed by atoms with van der Waals surface area (Å²) in [6.45, 7) is 13.6. The van der Waals surface area contributed by atoms with Gasteiger partial charge in [0.1, 0.15) is 0 Å². The zero-order valence-corrected chi connectivity index (χ0v) is 13.9. The smallest absolute Gasteiger partial charge is 0.0625 e. The van der Waals surface area contributed by atoms with Gasteiger partial charge >= 0.3 is 0 Å². The maximum absolute atomic E-state index is 4.66. The van der Waals surface area contributed by atoms with Crippen molar-refractivity contribution in [2.45, 2.75) is 72.3 Å². The second-order valence-electron chi connectivity index (χ2n) is 8.17. The average Bonchev–Trinajstić information content (AvgIpc) is 2.35. The van der Waals surface area contributed by atoms with E-state index in [0.29, 0.717) is 5.41 Å². The molecular formula is C17H31N3. The standard InChI is InChI=1S/C17H31N3/c1-16(2,3)19-18-14-11-15(13-17(4,5)12-14)20-9-7-6-8-10-20/h11,19H,6-10,12-13H2,1-5H3/b18-14-. The van der Waals surface area contributed by atoms with Crippen LogP contribution < -0.4 is 5.43 Å². The van der Waals surface area contributed by atoms with Crippen LogP contribution in [0, 0.1) is 5.41 Å². The monoisotopic (exact) mass is 277 g/mol. The number of allylic oxidation sites excluding steroid dienone is 2. The Hall–Kier alpha value is -0.990. The number of piperidine rings is 1. The number of rotatable bonds is 2. The van der Waals surface area contributed by atoms with Gasteiger partial charge in [-0.25, -0.2) is 0 Å². The molecule has 1 fully saturated rings. The topological polar surface area (TPSA) is 27.6 Å². The first-order valence-electron chi connectivity index (χ1n) is 8.04. The summed E-state index contributed by atoms with van der Waals surface area (Å²) in [4.78, 5) is 2.58. The highest BCUT2D eigenvalue weighted by molar-refractivity contribution is 5.96. The van der Waals surface area contributed by atoms with Crippen molar-refractivity contribution in [2.75, 3.05) is 13.1 Å². The Kier molecular flexibility index (Phi) is 4.46. The van der Waals surface area contributed by atoms with Gasteiger partial charge in [-0.15, -0.1) is 0 Å². The van der Waals surface area contributed by atoms with Crippen LogP contribution in [0.25, 0.3) is 0 Å². The third kappa shape index (κ3) is 4.53. The number of hydrazone groups is 1. The maximum Gasteiger partial charge on any atom is 0.0625 e. The number of hydrogen-bond acceptors (Lipinski definition) is 3. The molecule has 114 valence electrons. The summed E-state index contributed by atoms with van der Waals surface area (Å²) in [7, 11) is 0. The number of nitrogens with one attached hydrogen (secondary N) is 1. The Morgan fingerprint density at radius 1 is 1.10 bits per heavy atom. The predicted octanol–water partition coefficient (Wildman–Crippen LogP) is 3.92. The van der Waals surface area contributed by atoms with E-state index in [4.69, 9.17) is 0 Å². The van der Waals surface area contributed by atoms with Crippen LogP contribution in [0.3, 0.4) is 0 Å². The molecule has 2 aliphatic rings. The molecule has 0 aromatic carbocycles. The van der Waals surface area contributed by atoms with Crippen molar-refractivity contribution in [3.05, 3.63) is 11.8 Å². The molecule has 1 N–H and O–H groups in total. The van der Waals surface area contributed by atoms with Gasteiger partial charge in [-0.3, -0.25) is 0 Å². The summed E-state index contributed by atoms with van der Waals surface area (Å²) in [5.41, 5.74) is 6.33. The molecule has 20 heavy (non-hydrogen) atoms. The molecule has 0 aromatic rings. The van der Waals surface area contributed by atoms with Crippen LogP contribution in [-0.4, -0.2) is 29.2 Å². The minimum Gasteiger partial charge on any atom is -0.375 e. The highest BCUT2D eigenvalue weighted by Crippen LogP contribution is 2.36. The van der Waals surface area contributed by atoms with Crippen molar-refractivity contribution < 1.29 is 0 Å². The summed E-state index contributed by atoms with van der Waals surface area (Å²) in [6, 6.07) is 0. The fourth-order valence-corrected chi connectivity index (χ4v) is 3.03. The van der Waals surface area contributed by atoms with Crippen LogP contribution in [0.5, 0.6) is 0 Å². The maximum atomic E-state index is 4.66. The van der Waals surface area contributed by atoms with Gasteiger partial charge in [0, 0.05) is 24.3 Å². The lowest BCUT2D eigenvalue weighted by Gasteiger charge is -2.38. The van der Waals surface area contributed by atoms with Crippen LogP contribution in [0.1, 0.15) is 66.7 Å². The van der Waals surface area contributed by atoms with Gasteiger partial charge in [0.2, 0.25) is 0 Å². The van der Waals surface area contributed by atoms with Crippen LogP contribution >= 0.6 is 0 Å². The van der Waals surface area contributed by atoms with Gasteiger partial charge in [-0.05, 0) is 64.4 Å². The minimum atomic E-state index is 0.0354. The molecule has 0 atom stereocenters. The Balaban J connectivity index is 2.15. The van der Waals surface area contributed by atoms with E-state index in [1.807, 2.05) is 0 Å². The molecular weight excluding hydrogens is 246 g/mol. The molecule has 0 amide bonds. The van der Waals surface area contributed by atoms with Gasteiger partial charge in [0.25, 0.3) is 0 Å². The highest BCUT2D eigenvalue weighted by Gasteiger charge is 2.29. The normalized spacial score (nSPS) is 25.6. The third-order valence-electron chi connectivity index (χ3n) is 3.95. The first-order valence-corrected chi connectivity index (χ1v) is 8.04. The summed E-state index contributed by atoms with van der Waals surface area (Å²) in [6.07, 6.45) is 8.64.